The van der Waals surface area contributed by atoms with E-state index in [1.54, 1.807) is 0 Å². The molecule has 1 atom stereocenters. The fraction of sp³-hybridized carbons (Fsp3) is 0.462. The molecule has 1 aromatic rings. The van der Waals surface area contributed by atoms with Gasteiger partial charge in [-0.15, -0.1) is 0 Å². The van der Waals surface area contributed by atoms with E-state index >= 15 is 0 Å². The number of para-hydroxylation sites is 1. The standard InChI is InChI=1S/C13H18N2O/c1-9(2)7-8-14-12-10-5-3-4-6-11(10)15-13(12)16/h3-6,9,12,14H,7-8H2,1-2H3,(H,15,16). The fourth-order valence-corrected chi connectivity index (χ4v) is 1.93. The third-order valence-electron chi connectivity index (χ3n) is 2.86. The van der Waals surface area contributed by atoms with Gasteiger partial charge in [0, 0.05) is 11.3 Å². The van der Waals surface area contributed by atoms with E-state index in [0.29, 0.717) is 5.92 Å². The molecular weight excluding hydrogens is 200 g/mol. The zero-order valence-electron chi connectivity index (χ0n) is 9.79. The van der Waals surface area contributed by atoms with Crippen LogP contribution < -0.4 is 10.6 Å². The number of carbonyl (C=O) groups is 1. The Hall–Kier alpha value is -1.35. The predicted molar refractivity (Wildman–Crippen MR) is 65.3 cm³/mol. The van der Waals surface area contributed by atoms with Crippen molar-refractivity contribution < 1.29 is 4.79 Å². The second kappa shape index (κ2) is 4.66. The average Bonchev–Trinajstić information content (AvgIpc) is 2.55. The van der Waals surface area contributed by atoms with Crippen LogP contribution in [0.25, 0.3) is 0 Å². The van der Waals surface area contributed by atoms with Gasteiger partial charge in [-0.1, -0.05) is 32.0 Å². The van der Waals surface area contributed by atoms with E-state index in [4.69, 9.17) is 0 Å². The lowest BCUT2D eigenvalue weighted by atomic mass is 10.1. The summed E-state index contributed by atoms with van der Waals surface area (Å²) in [6, 6.07) is 7.68. The van der Waals surface area contributed by atoms with Gasteiger partial charge in [0.25, 0.3) is 0 Å². The highest BCUT2D eigenvalue weighted by atomic mass is 16.2. The van der Waals surface area contributed by atoms with Crippen LogP contribution in [-0.2, 0) is 4.79 Å². The van der Waals surface area contributed by atoms with Crippen molar-refractivity contribution in [2.24, 2.45) is 5.92 Å². The van der Waals surface area contributed by atoms with Crippen molar-refractivity contribution in [2.45, 2.75) is 26.3 Å². The Balaban J connectivity index is 2.02. The molecule has 16 heavy (non-hydrogen) atoms. The zero-order valence-corrected chi connectivity index (χ0v) is 9.79. The zero-order chi connectivity index (χ0) is 11.5. The maximum atomic E-state index is 11.7. The van der Waals surface area contributed by atoms with Crippen molar-refractivity contribution in [3.63, 3.8) is 0 Å². The molecule has 0 aromatic heterocycles. The lowest BCUT2D eigenvalue weighted by Crippen LogP contribution is -2.28. The Labute approximate surface area is 96.2 Å². The first-order valence-corrected chi connectivity index (χ1v) is 5.81. The highest BCUT2D eigenvalue weighted by molar-refractivity contribution is 6.02. The van der Waals surface area contributed by atoms with Gasteiger partial charge in [-0.05, 0) is 24.9 Å². The molecule has 1 aromatic carbocycles. The number of amides is 1. The van der Waals surface area contributed by atoms with Crippen LogP contribution in [0.3, 0.4) is 0 Å². The van der Waals surface area contributed by atoms with Crippen molar-refractivity contribution in [3.05, 3.63) is 29.8 Å². The molecule has 86 valence electrons. The monoisotopic (exact) mass is 218 g/mol. The van der Waals surface area contributed by atoms with E-state index in [1.165, 1.54) is 0 Å². The summed E-state index contributed by atoms with van der Waals surface area (Å²) in [7, 11) is 0. The maximum absolute atomic E-state index is 11.7. The van der Waals surface area contributed by atoms with Gasteiger partial charge in [-0.2, -0.15) is 0 Å². The van der Waals surface area contributed by atoms with Gasteiger partial charge in [-0.25, -0.2) is 0 Å². The molecule has 0 radical (unpaired) electrons. The van der Waals surface area contributed by atoms with Gasteiger partial charge in [0.1, 0.15) is 6.04 Å². The van der Waals surface area contributed by atoms with Gasteiger partial charge in [0.05, 0.1) is 0 Å². The summed E-state index contributed by atoms with van der Waals surface area (Å²) in [6.45, 7) is 5.25. The molecular formula is C13H18N2O. The van der Waals surface area contributed by atoms with Gasteiger partial charge in [-0.3, -0.25) is 4.79 Å². The topological polar surface area (TPSA) is 41.1 Å². The Kier molecular flexibility index (Phi) is 3.25. The van der Waals surface area contributed by atoms with E-state index in [2.05, 4.69) is 24.5 Å². The number of fused-ring (bicyclic) bond motifs is 1. The third kappa shape index (κ3) is 2.25. The summed E-state index contributed by atoms with van der Waals surface area (Å²) in [5.74, 6) is 0.720. The SMILES string of the molecule is CC(C)CCNC1C(=O)Nc2ccccc21. The van der Waals surface area contributed by atoms with Crippen molar-refractivity contribution >= 4 is 11.6 Å². The van der Waals surface area contributed by atoms with Crippen LogP contribution in [0.1, 0.15) is 31.9 Å². The van der Waals surface area contributed by atoms with E-state index < -0.39 is 0 Å². The summed E-state index contributed by atoms with van der Waals surface area (Å²) in [4.78, 5) is 11.7. The molecule has 1 unspecified atom stereocenters. The number of carbonyl (C=O) groups excluding carboxylic acids is 1. The van der Waals surface area contributed by atoms with Crippen molar-refractivity contribution in [3.8, 4) is 0 Å². The molecule has 3 nitrogen and oxygen atoms in total. The molecule has 1 heterocycles. The minimum Gasteiger partial charge on any atom is -0.324 e. The van der Waals surface area contributed by atoms with Crippen molar-refractivity contribution in [1.29, 1.82) is 0 Å². The summed E-state index contributed by atoms with van der Waals surface area (Å²) in [6.07, 6.45) is 1.09. The molecule has 0 spiro atoms. The molecule has 0 fully saturated rings. The highest BCUT2D eigenvalue weighted by Gasteiger charge is 2.29. The van der Waals surface area contributed by atoms with E-state index in [1.807, 2.05) is 24.3 Å². The number of rotatable bonds is 4. The van der Waals surface area contributed by atoms with Crippen LogP contribution in [0.2, 0.25) is 0 Å². The minimum atomic E-state index is -0.171. The maximum Gasteiger partial charge on any atom is 0.246 e. The average molecular weight is 218 g/mol. The molecule has 0 saturated heterocycles. The summed E-state index contributed by atoms with van der Waals surface area (Å²) >= 11 is 0. The van der Waals surface area contributed by atoms with Gasteiger partial charge in [0.15, 0.2) is 0 Å². The van der Waals surface area contributed by atoms with Crippen LogP contribution in [-0.4, -0.2) is 12.5 Å². The smallest absolute Gasteiger partial charge is 0.246 e. The molecule has 0 aliphatic carbocycles. The first-order valence-electron chi connectivity index (χ1n) is 5.81. The Morgan fingerprint density at radius 2 is 2.12 bits per heavy atom. The van der Waals surface area contributed by atoms with Crippen LogP contribution >= 0.6 is 0 Å². The van der Waals surface area contributed by atoms with Gasteiger partial charge >= 0.3 is 0 Å². The molecule has 0 bridgehead atoms. The van der Waals surface area contributed by atoms with E-state index in [-0.39, 0.29) is 11.9 Å². The first kappa shape index (κ1) is 11.1. The summed E-state index contributed by atoms with van der Waals surface area (Å²) < 4.78 is 0. The predicted octanol–water partition coefficient (Wildman–Crippen LogP) is 2.32. The van der Waals surface area contributed by atoms with Crippen LogP contribution in [0, 0.1) is 5.92 Å². The Bertz CT molecular complexity index is 387. The van der Waals surface area contributed by atoms with Crippen LogP contribution in [0.15, 0.2) is 24.3 Å². The van der Waals surface area contributed by atoms with Crippen molar-refractivity contribution in [1.82, 2.24) is 5.32 Å². The second-order valence-corrected chi connectivity index (χ2v) is 4.65. The molecule has 1 aliphatic rings. The molecule has 1 amide bonds. The minimum absolute atomic E-state index is 0.0601. The second-order valence-electron chi connectivity index (χ2n) is 4.65. The van der Waals surface area contributed by atoms with E-state index in [9.17, 15) is 4.79 Å². The molecule has 1 aliphatic heterocycles. The molecule has 2 N–H and O–H groups in total. The molecule has 3 heteroatoms. The normalized spacial score (nSPS) is 18.7. The fourth-order valence-electron chi connectivity index (χ4n) is 1.93. The molecule has 2 rings (SSSR count). The van der Waals surface area contributed by atoms with Gasteiger partial charge in [0.2, 0.25) is 5.91 Å². The van der Waals surface area contributed by atoms with E-state index in [0.717, 1.165) is 24.2 Å². The summed E-state index contributed by atoms with van der Waals surface area (Å²) in [5, 5.41) is 6.19. The number of nitrogens with one attached hydrogen (secondary N) is 2. The number of anilines is 1. The van der Waals surface area contributed by atoms with Crippen molar-refractivity contribution in [2.75, 3.05) is 11.9 Å². The third-order valence-corrected chi connectivity index (χ3v) is 2.86. The van der Waals surface area contributed by atoms with Crippen LogP contribution in [0.5, 0.6) is 0 Å². The lowest BCUT2D eigenvalue weighted by Gasteiger charge is -2.12. The number of benzene rings is 1. The van der Waals surface area contributed by atoms with Crippen LogP contribution in [0.4, 0.5) is 5.69 Å². The number of hydrogen-bond acceptors (Lipinski definition) is 2. The quantitative estimate of drug-likeness (QED) is 0.814. The summed E-state index contributed by atoms with van der Waals surface area (Å²) in [5.41, 5.74) is 2.01. The lowest BCUT2D eigenvalue weighted by molar-refractivity contribution is -0.117. The molecule has 0 saturated carbocycles. The first-order chi connectivity index (χ1) is 7.68. The Morgan fingerprint density at radius 1 is 1.38 bits per heavy atom. The van der Waals surface area contributed by atoms with Gasteiger partial charge < -0.3 is 10.6 Å². The largest absolute Gasteiger partial charge is 0.324 e. The Morgan fingerprint density at radius 3 is 2.88 bits per heavy atom. The number of hydrogen-bond donors (Lipinski definition) is 2. The highest BCUT2D eigenvalue weighted by Crippen LogP contribution is 2.29.